The normalized spacial score (nSPS) is 16.7. The Bertz CT molecular complexity index is 619. The highest BCUT2D eigenvalue weighted by Crippen LogP contribution is 2.45. The Balaban J connectivity index is 1.99. The standard InChI is InChI=1S/C17H22N2OS/c1-11-17(19-15(21-11)10-20-2)16(12-5-3-6-12)13-7-4-8-14(18)9-13/h4,7-9,12,16H,3,5-6,10,18H2,1-2H3. The van der Waals surface area contributed by atoms with E-state index in [0.29, 0.717) is 18.4 Å². The molecule has 2 N–H and O–H groups in total. The molecular weight excluding hydrogens is 280 g/mol. The maximum atomic E-state index is 5.99. The van der Waals surface area contributed by atoms with Gasteiger partial charge in [-0.25, -0.2) is 4.98 Å². The summed E-state index contributed by atoms with van der Waals surface area (Å²) in [7, 11) is 1.72. The molecule has 1 aromatic heterocycles. The van der Waals surface area contributed by atoms with Crippen molar-refractivity contribution in [2.45, 2.75) is 38.7 Å². The number of ether oxygens (including phenoxy) is 1. The molecule has 1 fully saturated rings. The molecule has 1 aliphatic carbocycles. The van der Waals surface area contributed by atoms with Crippen LogP contribution in [-0.4, -0.2) is 12.1 Å². The Morgan fingerprint density at radius 1 is 1.43 bits per heavy atom. The van der Waals surface area contributed by atoms with Crippen LogP contribution in [0.4, 0.5) is 5.69 Å². The Morgan fingerprint density at radius 2 is 2.24 bits per heavy atom. The van der Waals surface area contributed by atoms with Crippen molar-refractivity contribution in [2.24, 2.45) is 5.92 Å². The lowest BCUT2D eigenvalue weighted by Crippen LogP contribution is -2.22. The summed E-state index contributed by atoms with van der Waals surface area (Å²) in [6.45, 7) is 2.77. The summed E-state index contributed by atoms with van der Waals surface area (Å²) in [6, 6.07) is 8.30. The first-order valence-electron chi connectivity index (χ1n) is 7.49. The first kappa shape index (κ1) is 14.5. The number of hydrogen-bond donors (Lipinski definition) is 1. The molecule has 2 aromatic rings. The maximum Gasteiger partial charge on any atom is 0.119 e. The van der Waals surface area contributed by atoms with Crippen molar-refractivity contribution in [3.05, 3.63) is 45.4 Å². The number of thiazole rings is 1. The van der Waals surface area contributed by atoms with Crippen molar-refractivity contribution >= 4 is 17.0 Å². The zero-order chi connectivity index (χ0) is 14.8. The SMILES string of the molecule is COCc1nc(C(c2cccc(N)c2)C2CCC2)c(C)s1. The first-order valence-corrected chi connectivity index (χ1v) is 8.31. The molecular formula is C17H22N2OS. The van der Waals surface area contributed by atoms with Gasteiger partial charge in [-0.3, -0.25) is 0 Å². The molecule has 3 rings (SSSR count). The molecule has 0 saturated heterocycles. The van der Waals surface area contributed by atoms with Crippen LogP contribution in [0.1, 0.15) is 46.3 Å². The van der Waals surface area contributed by atoms with Crippen LogP contribution in [-0.2, 0) is 11.3 Å². The van der Waals surface area contributed by atoms with Crippen LogP contribution >= 0.6 is 11.3 Å². The summed E-state index contributed by atoms with van der Waals surface area (Å²) in [5.41, 5.74) is 9.35. The number of nitrogen functional groups attached to an aromatic ring is 1. The number of methoxy groups -OCH3 is 1. The Kier molecular flexibility index (Phi) is 4.27. The van der Waals surface area contributed by atoms with Crippen LogP contribution in [0.15, 0.2) is 24.3 Å². The molecule has 1 aliphatic rings. The molecule has 1 saturated carbocycles. The lowest BCUT2D eigenvalue weighted by Gasteiger charge is -2.33. The second-order valence-corrected chi connectivity index (χ2v) is 7.11. The minimum absolute atomic E-state index is 0.379. The van der Waals surface area contributed by atoms with Crippen LogP contribution in [0, 0.1) is 12.8 Å². The zero-order valence-electron chi connectivity index (χ0n) is 12.6. The van der Waals surface area contributed by atoms with Gasteiger partial charge in [0.15, 0.2) is 0 Å². The molecule has 0 aliphatic heterocycles. The Labute approximate surface area is 130 Å². The fourth-order valence-corrected chi connectivity index (χ4v) is 4.07. The number of anilines is 1. The molecule has 0 spiro atoms. The average Bonchev–Trinajstić information content (AvgIpc) is 2.75. The monoisotopic (exact) mass is 302 g/mol. The van der Waals surface area contributed by atoms with Crippen molar-refractivity contribution in [1.29, 1.82) is 0 Å². The van der Waals surface area contributed by atoms with Gasteiger partial charge in [0, 0.05) is 23.6 Å². The minimum atomic E-state index is 0.379. The number of aromatic nitrogens is 1. The number of benzene rings is 1. The van der Waals surface area contributed by atoms with Crippen molar-refractivity contribution in [3.8, 4) is 0 Å². The van der Waals surface area contributed by atoms with Crippen LogP contribution in [0.2, 0.25) is 0 Å². The average molecular weight is 302 g/mol. The van der Waals surface area contributed by atoms with E-state index in [-0.39, 0.29) is 0 Å². The van der Waals surface area contributed by atoms with Gasteiger partial charge in [-0.15, -0.1) is 11.3 Å². The third-order valence-electron chi connectivity index (χ3n) is 4.33. The number of nitrogens with zero attached hydrogens (tertiary/aromatic N) is 1. The minimum Gasteiger partial charge on any atom is -0.399 e. The number of rotatable bonds is 5. The molecule has 1 aromatic carbocycles. The van der Waals surface area contributed by atoms with E-state index in [2.05, 4.69) is 19.1 Å². The highest BCUT2D eigenvalue weighted by Gasteiger charge is 2.32. The molecule has 4 heteroatoms. The van der Waals surface area contributed by atoms with E-state index >= 15 is 0 Å². The summed E-state index contributed by atoms with van der Waals surface area (Å²) in [6.07, 6.45) is 3.91. The van der Waals surface area contributed by atoms with Crippen molar-refractivity contribution in [3.63, 3.8) is 0 Å². The Morgan fingerprint density at radius 3 is 2.86 bits per heavy atom. The number of hydrogen-bond acceptors (Lipinski definition) is 4. The van der Waals surface area contributed by atoms with Crippen LogP contribution in [0.25, 0.3) is 0 Å². The van der Waals surface area contributed by atoms with Gasteiger partial charge < -0.3 is 10.5 Å². The fraction of sp³-hybridized carbons (Fsp3) is 0.471. The first-order chi connectivity index (χ1) is 10.2. The highest BCUT2D eigenvalue weighted by atomic mass is 32.1. The molecule has 3 nitrogen and oxygen atoms in total. The second kappa shape index (κ2) is 6.16. The van der Waals surface area contributed by atoms with Crippen molar-refractivity contribution < 1.29 is 4.74 Å². The van der Waals surface area contributed by atoms with E-state index < -0.39 is 0 Å². The lowest BCUT2D eigenvalue weighted by molar-refractivity contribution is 0.184. The van der Waals surface area contributed by atoms with Gasteiger partial charge in [-0.05, 0) is 43.4 Å². The van der Waals surface area contributed by atoms with E-state index in [9.17, 15) is 0 Å². The molecule has 112 valence electrons. The number of aryl methyl sites for hydroxylation is 1. The summed E-state index contributed by atoms with van der Waals surface area (Å²) in [5.74, 6) is 1.08. The molecule has 21 heavy (non-hydrogen) atoms. The Hall–Kier alpha value is -1.39. The molecule has 0 bridgehead atoms. The van der Waals surface area contributed by atoms with Crippen LogP contribution in [0.3, 0.4) is 0 Å². The van der Waals surface area contributed by atoms with Crippen LogP contribution in [0.5, 0.6) is 0 Å². The predicted molar refractivity (Wildman–Crippen MR) is 87.6 cm³/mol. The third-order valence-corrected chi connectivity index (χ3v) is 5.29. The summed E-state index contributed by atoms with van der Waals surface area (Å²) >= 11 is 1.75. The van der Waals surface area contributed by atoms with Gasteiger partial charge in [0.25, 0.3) is 0 Å². The highest BCUT2D eigenvalue weighted by molar-refractivity contribution is 7.11. The second-order valence-electron chi connectivity index (χ2n) is 5.82. The smallest absolute Gasteiger partial charge is 0.119 e. The van der Waals surface area contributed by atoms with Crippen molar-refractivity contribution in [1.82, 2.24) is 4.98 Å². The van der Waals surface area contributed by atoms with Crippen molar-refractivity contribution in [2.75, 3.05) is 12.8 Å². The fourth-order valence-electron chi connectivity index (χ4n) is 3.12. The number of nitrogens with two attached hydrogens (primary N) is 1. The molecule has 1 atom stereocenters. The van der Waals surface area contributed by atoms with Gasteiger partial charge in [0.2, 0.25) is 0 Å². The van der Waals surface area contributed by atoms with Crippen LogP contribution < -0.4 is 5.73 Å². The molecule has 1 unspecified atom stereocenters. The summed E-state index contributed by atoms with van der Waals surface area (Å²) < 4.78 is 5.23. The van der Waals surface area contributed by atoms with E-state index in [1.165, 1.54) is 35.4 Å². The van der Waals surface area contributed by atoms with Gasteiger partial charge in [-0.2, -0.15) is 0 Å². The lowest BCUT2D eigenvalue weighted by atomic mass is 9.71. The largest absolute Gasteiger partial charge is 0.399 e. The van der Waals surface area contributed by atoms with E-state index in [1.54, 1.807) is 18.4 Å². The maximum absolute atomic E-state index is 5.99. The topological polar surface area (TPSA) is 48.1 Å². The van der Waals surface area contributed by atoms with E-state index in [0.717, 1.165) is 10.7 Å². The molecule has 0 amide bonds. The van der Waals surface area contributed by atoms with E-state index in [4.69, 9.17) is 15.5 Å². The third kappa shape index (κ3) is 2.97. The predicted octanol–water partition coefficient (Wildman–Crippen LogP) is 4.11. The molecule has 1 heterocycles. The van der Waals surface area contributed by atoms with Gasteiger partial charge in [0.05, 0.1) is 12.3 Å². The quantitative estimate of drug-likeness (QED) is 0.845. The zero-order valence-corrected chi connectivity index (χ0v) is 13.5. The van der Waals surface area contributed by atoms with Gasteiger partial charge in [-0.1, -0.05) is 18.6 Å². The van der Waals surface area contributed by atoms with Gasteiger partial charge >= 0.3 is 0 Å². The molecule has 0 radical (unpaired) electrons. The summed E-state index contributed by atoms with van der Waals surface area (Å²) in [5, 5.41) is 1.07. The summed E-state index contributed by atoms with van der Waals surface area (Å²) in [4.78, 5) is 6.17. The van der Waals surface area contributed by atoms with Gasteiger partial charge in [0.1, 0.15) is 5.01 Å². The van der Waals surface area contributed by atoms with E-state index in [1.807, 2.05) is 12.1 Å².